The van der Waals surface area contributed by atoms with Gasteiger partial charge in [0.2, 0.25) is 0 Å². The summed E-state index contributed by atoms with van der Waals surface area (Å²) in [6.07, 6.45) is 3.08. The third-order valence-corrected chi connectivity index (χ3v) is 7.33. The van der Waals surface area contributed by atoms with Crippen molar-refractivity contribution < 1.29 is 8.42 Å². The van der Waals surface area contributed by atoms with Gasteiger partial charge in [0.15, 0.2) is 0 Å². The average Bonchev–Trinajstić information content (AvgIpc) is 2.85. The normalized spacial score (nSPS) is 14.1. The Hall–Kier alpha value is -3.64. The number of anilines is 3. The van der Waals surface area contributed by atoms with E-state index in [9.17, 15) is 8.42 Å². The lowest BCUT2D eigenvalue weighted by atomic mass is 10.2. The van der Waals surface area contributed by atoms with Gasteiger partial charge in [-0.05, 0) is 43.3 Å². The molecule has 1 aromatic carbocycles. The second-order valence-corrected chi connectivity index (χ2v) is 9.21. The summed E-state index contributed by atoms with van der Waals surface area (Å²) >= 11 is 0. The van der Waals surface area contributed by atoms with E-state index in [0.29, 0.717) is 17.8 Å². The van der Waals surface area contributed by atoms with Crippen molar-refractivity contribution in [3.05, 3.63) is 72.6 Å². The third kappa shape index (κ3) is 4.36. The zero-order valence-corrected chi connectivity index (χ0v) is 18.6. The van der Waals surface area contributed by atoms with Crippen molar-refractivity contribution in [2.24, 2.45) is 0 Å². The van der Waals surface area contributed by atoms with Crippen LogP contribution in [0.1, 0.15) is 12.5 Å². The van der Waals surface area contributed by atoms with Gasteiger partial charge in [-0.25, -0.2) is 18.4 Å². The highest BCUT2D eigenvalue weighted by molar-refractivity contribution is 7.92. The van der Waals surface area contributed by atoms with E-state index in [1.165, 1.54) is 10.5 Å². The summed E-state index contributed by atoms with van der Waals surface area (Å²) in [5.74, 6) is 1.53. The van der Waals surface area contributed by atoms with Crippen LogP contribution < -0.4 is 14.1 Å². The first kappa shape index (κ1) is 21.6. The third-order valence-electron chi connectivity index (χ3n) is 5.44. The molecule has 0 amide bonds. The number of pyridine rings is 2. The maximum atomic E-state index is 13.1. The molecule has 0 N–H and O–H groups in total. The van der Waals surface area contributed by atoms with Crippen molar-refractivity contribution in [3.63, 3.8) is 0 Å². The van der Waals surface area contributed by atoms with Crippen LogP contribution in [0.3, 0.4) is 0 Å². The van der Waals surface area contributed by atoms with Crippen LogP contribution in [-0.2, 0) is 10.0 Å². The molecule has 32 heavy (non-hydrogen) atoms. The molecular weight excluding hydrogens is 424 g/mol. The van der Waals surface area contributed by atoms with Crippen LogP contribution in [0.15, 0.2) is 71.9 Å². The first-order valence-electron chi connectivity index (χ1n) is 10.4. The standard InChI is InChI=1S/C23H24N6O2S/c1-2-29(20-6-4-3-5-7-20)32(30,31)21-8-9-22(26-18-21)27-12-14-28(15-13-27)23-16-19(17-24)10-11-25-23/h3-11,16,18H,2,12-15H2,1H3. The summed E-state index contributed by atoms with van der Waals surface area (Å²) in [5.41, 5.74) is 1.22. The Morgan fingerprint density at radius 2 is 1.66 bits per heavy atom. The Balaban J connectivity index is 1.45. The number of rotatable bonds is 6. The summed E-state index contributed by atoms with van der Waals surface area (Å²) in [6, 6.07) is 18.1. The van der Waals surface area contributed by atoms with Gasteiger partial charge in [-0.3, -0.25) is 4.31 Å². The van der Waals surface area contributed by atoms with Crippen molar-refractivity contribution in [1.82, 2.24) is 9.97 Å². The van der Waals surface area contributed by atoms with Crippen LogP contribution in [0.5, 0.6) is 0 Å². The molecule has 164 valence electrons. The van der Waals surface area contributed by atoms with Crippen LogP contribution in [0.25, 0.3) is 0 Å². The van der Waals surface area contributed by atoms with E-state index >= 15 is 0 Å². The number of para-hydroxylation sites is 1. The number of piperazine rings is 1. The highest BCUT2D eigenvalue weighted by Crippen LogP contribution is 2.24. The number of hydrogen-bond acceptors (Lipinski definition) is 7. The maximum absolute atomic E-state index is 13.1. The van der Waals surface area contributed by atoms with E-state index in [0.717, 1.165) is 37.8 Å². The number of benzene rings is 1. The summed E-state index contributed by atoms with van der Waals surface area (Å²) in [7, 11) is -3.69. The van der Waals surface area contributed by atoms with Crippen LogP contribution in [0, 0.1) is 11.3 Å². The molecule has 1 aliphatic heterocycles. The topological polar surface area (TPSA) is 93.4 Å². The molecule has 2 aromatic heterocycles. The summed E-state index contributed by atoms with van der Waals surface area (Å²) in [4.78, 5) is 13.2. The van der Waals surface area contributed by atoms with E-state index in [-0.39, 0.29) is 4.90 Å². The Morgan fingerprint density at radius 1 is 0.969 bits per heavy atom. The summed E-state index contributed by atoms with van der Waals surface area (Å²) in [6.45, 7) is 5.07. The molecule has 0 aliphatic carbocycles. The lowest BCUT2D eigenvalue weighted by molar-refractivity contribution is 0.591. The first-order valence-corrected chi connectivity index (χ1v) is 11.9. The molecular formula is C23H24N6O2S. The molecule has 3 heterocycles. The van der Waals surface area contributed by atoms with Crippen molar-refractivity contribution in [2.45, 2.75) is 11.8 Å². The van der Waals surface area contributed by atoms with Gasteiger partial charge in [0.1, 0.15) is 16.5 Å². The van der Waals surface area contributed by atoms with Gasteiger partial charge in [-0.15, -0.1) is 0 Å². The highest BCUT2D eigenvalue weighted by Gasteiger charge is 2.25. The van der Waals surface area contributed by atoms with Crippen LogP contribution in [0.4, 0.5) is 17.3 Å². The summed E-state index contributed by atoms with van der Waals surface area (Å²) in [5, 5.41) is 9.09. The Labute approximate surface area is 188 Å². The molecule has 1 fully saturated rings. The molecule has 0 radical (unpaired) electrons. The highest BCUT2D eigenvalue weighted by atomic mass is 32.2. The Morgan fingerprint density at radius 3 is 2.25 bits per heavy atom. The van der Waals surface area contributed by atoms with Crippen LogP contribution in [-0.4, -0.2) is 51.1 Å². The Bertz CT molecular complexity index is 1200. The first-order chi connectivity index (χ1) is 15.5. The monoisotopic (exact) mass is 448 g/mol. The number of aromatic nitrogens is 2. The number of nitrogens with zero attached hydrogens (tertiary/aromatic N) is 6. The quantitative estimate of drug-likeness (QED) is 0.572. The zero-order chi connectivity index (χ0) is 22.6. The van der Waals surface area contributed by atoms with Gasteiger partial charge in [-0.1, -0.05) is 18.2 Å². The minimum atomic E-state index is -3.69. The van der Waals surface area contributed by atoms with E-state index < -0.39 is 10.0 Å². The van der Waals surface area contributed by atoms with E-state index in [1.54, 1.807) is 42.6 Å². The fourth-order valence-corrected chi connectivity index (χ4v) is 5.17. The minimum absolute atomic E-state index is 0.170. The lowest BCUT2D eigenvalue weighted by Gasteiger charge is -2.36. The number of sulfonamides is 1. The molecule has 9 heteroatoms. The molecule has 1 aliphatic rings. The van der Waals surface area contributed by atoms with Gasteiger partial charge in [0.25, 0.3) is 10.0 Å². The van der Waals surface area contributed by atoms with Gasteiger partial charge in [0, 0.05) is 45.1 Å². The molecule has 0 bridgehead atoms. The predicted octanol–water partition coefficient (Wildman–Crippen LogP) is 2.89. The van der Waals surface area contributed by atoms with Gasteiger partial charge >= 0.3 is 0 Å². The second-order valence-electron chi connectivity index (χ2n) is 7.35. The SMILES string of the molecule is CCN(c1ccccc1)S(=O)(=O)c1ccc(N2CCN(c3cc(C#N)ccn3)CC2)nc1. The molecule has 4 rings (SSSR count). The molecule has 0 atom stereocenters. The minimum Gasteiger partial charge on any atom is -0.353 e. The predicted molar refractivity (Wildman–Crippen MR) is 124 cm³/mol. The van der Waals surface area contributed by atoms with Gasteiger partial charge < -0.3 is 9.80 Å². The molecule has 3 aromatic rings. The largest absolute Gasteiger partial charge is 0.353 e. The number of nitriles is 1. The molecule has 0 saturated carbocycles. The van der Waals surface area contributed by atoms with Gasteiger partial charge in [0.05, 0.1) is 17.3 Å². The molecule has 1 saturated heterocycles. The fourth-order valence-electron chi connectivity index (χ4n) is 3.75. The average molecular weight is 449 g/mol. The van der Waals surface area contributed by atoms with Crippen molar-refractivity contribution in [1.29, 1.82) is 5.26 Å². The molecule has 0 spiro atoms. The van der Waals surface area contributed by atoms with E-state index in [1.807, 2.05) is 25.1 Å². The smallest absolute Gasteiger partial charge is 0.265 e. The summed E-state index contributed by atoms with van der Waals surface area (Å²) < 4.78 is 27.7. The van der Waals surface area contributed by atoms with Crippen LogP contribution >= 0.6 is 0 Å². The van der Waals surface area contributed by atoms with E-state index in [2.05, 4.69) is 25.8 Å². The Kier molecular flexibility index (Phi) is 6.23. The molecule has 0 unspecified atom stereocenters. The van der Waals surface area contributed by atoms with Gasteiger partial charge in [-0.2, -0.15) is 5.26 Å². The van der Waals surface area contributed by atoms with Crippen molar-refractivity contribution >= 4 is 27.3 Å². The van der Waals surface area contributed by atoms with Crippen molar-refractivity contribution in [3.8, 4) is 6.07 Å². The second kappa shape index (κ2) is 9.24. The zero-order valence-electron chi connectivity index (χ0n) is 17.8. The molecule has 8 nitrogen and oxygen atoms in total. The fraction of sp³-hybridized carbons (Fsp3) is 0.261. The number of hydrogen-bond donors (Lipinski definition) is 0. The van der Waals surface area contributed by atoms with Crippen LogP contribution in [0.2, 0.25) is 0 Å². The lowest BCUT2D eigenvalue weighted by Crippen LogP contribution is -2.47. The maximum Gasteiger partial charge on any atom is 0.265 e. The van der Waals surface area contributed by atoms with E-state index in [4.69, 9.17) is 5.26 Å². The van der Waals surface area contributed by atoms with Crippen molar-refractivity contribution in [2.75, 3.05) is 46.8 Å².